The van der Waals surface area contributed by atoms with E-state index < -0.39 is 5.97 Å². The number of ketones is 1. The Labute approximate surface area is 136 Å². The average molecular weight is 366 g/mol. The third kappa shape index (κ3) is 4.97. The van der Waals surface area contributed by atoms with Gasteiger partial charge in [-0.3, -0.25) is 9.59 Å². The number of hydrogen-bond donors (Lipinski definition) is 2. The fourth-order valence-electron chi connectivity index (χ4n) is 1.72. The molecule has 0 unspecified atom stereocenters. The van der Waals surface area contributed by atoms with Gasteiger partial charge in [0.15, 0.2) is 5.78 Å². The lowest BCUT2D eigenvalue weighted by Gasteiger charge is -2.01. The SMILES string of the molecule is CCC#N.Cc1nc2c(Br)cc(C(=O)CCC(=O)O)cc2[nH]1. The van der Waals surface area contributed by atoms with Crippen molar-refractivity contribution >= 4 is 38.7 Å². The van der Waals surface area contributed by atoms with E-state index in [0.29, 0.717) is 12.0 Å². The van der Waals surface area contributed by atoms with Crippen molar-refractivity contribution in [2.24, 2.45) is 0 Å². The lowest BCUT2D eigenvalue weighted by Crippen LogP contribution is -2.03. The van der Waals surface area contributed by atoms with Crippen LogP contribution in [0.3, 0.4) is 0 Å². The minimum Gasteiger partial charge on any atom is -0.481 e. The first-order chi connectivity index (χ1) is 10.4. The molecule has 0 atom stereocenters. The first kappa shape index (κ1) is 17.9. The number of aryl methyl sites for hydroxylation is 1. The molecule has 0 saturated carbocycles. The summed E-state index contributed by atoms with van der Waals surface area (Å²) in [6.07, 6.45) is 0.469. The molecule has 0 amide bonds. The molecule has 1 aromatic carbocycles. The molecule has 0 fully saturated rings. The number of Topliss-reactive ketones (excluding diaryl/α,β-unsaturated/α-hetero) is 1. The number of carbonyl (C=O) groups excluding carboxylic acids is 1. The number of carboxylic acid groups (broad SMARTS) is 1. The van der Waals surface area contributed by atoms with Crippen molar-refractivity contribution in [3.05, 3.63) is 28.0 Å². The third-order valence-electron chi connectivity index (χ3n) is 2.70. The number of aliphatic carboxylic acids is 1. The molecule has 7 heteroatoms. The van der Waals surface area contributed by atoms with Gasteiger partial charge in [-0.15, -0.1) is 0 Å². The predicted octanol–water partition coefficient (Wildman–Crippen LogP) is 3.60. The Balaban J connectivity index is 0.000000541. The van der Waals surface area contributed by atoms with Gasteiger partial charge in [0.05, 0.1) is 18.0 Å². The Bertz CT molecular complexity index is 731. The normalized spacial score (nSPS) is 9.73. The fraction of sp³-hybridized carbons (Fsp3) is 0.333. The number of rotatable bonds is 4. The summed E-state index contributed by atoms with van der Waals surface area (Å²) in [5.74, 6) is -0.394. The van der Waals surface area contributed by atoms with Gasteiger partial charge in [0.1, 0.15) is 11.3 Å². The van der Waals surface area contributed by atoms with Crippen LogP contribution in [0.1, 0.15) is 42.4 Å². The van der Waals surface area contributed by atoms with Crippen molar-refractivity contribution in [1.29, 1.82) is 5.26 Å². The number of halogens is 1. The van der Waals surface area contributed by atoms with Crippen molar-refractivity contribution in [3.8, 4) is 6.07 Å². The largest absolute Gasteiger partial charge is 0.481 e. The van der Waals surface area contributed by atoms with E-state index >= 15 is 0 Å². The molecule has 2 aromatic rings. The molecule has 0 spiro atoms. The van der Waals surface area contributed by atoms with Crippen molar-refractivity contribution in [3.63, 3.8) is 0 Å². The molecule has 0 radical (unpaired) electrons. The molecule has 2 rings (SSSR count). The molecule has 116 valence electrons. The summed E-state index contributed by atoms with van der Waals surface area (Å²) < 4.78 is 0.725. The number of carbonyl (C=O) groups is 2. The second-order valence-corrected chi connectivity index (χ2v) is 5.36. The minimum atomic E-state index is -0.971. The highest BCUT2D eigenvalue weighted by atomic mass is 79.9. The number of aromatic amines is 1. The van der Waals surface area contributed by atoms with Crippen LogP contribution in [0.5, 0.6) is 0 Å². The zero-order valence-electron chi connectivity index (χ0n) is 12.3. The summed E-state index contributed by atoms with van der Waals surface area (Å²) in [5.41, 5.74) is 2.02. The Hall–Kier alpha value is -2.20. The molecule has 2 N–H and O–H groups in total. The number of nitriles is 1. The second-order valence-electron chi connectivity index (χ2n) is 4.51. The monoisotopic (exact) mass is 365 g/mol. The maximum absolute atomic E-state index is 11.8. The fourth-order valence-corrected chi connectivity index (χ4v) is 2.27. The molecule has 6 nitrogen and oxygen atoms in total. The number of imidazole rings is 1. The van der Waals surface area contributed by atoms with E-state index in [1.54, 1.807) is 12.1 Å². The van der Waals surface area contributed by atoms with Gasteiger partial charge in [-0.1, -0.05) is 6.92 Å². The molecular weight excluding hydrogens is 350 g/mol. The van der Waals surface area contributed by atoms with E-state index in [1.807, 2.05) is 19.9 Å². The average Bonchev–Trinajstić information content (AvgIpc) is 2.86. The summed E-state index contributed by atoms with van der Waals surface area (Å²) in [6, 6.07) is 5.30. The topological polar surface area (TPSA) is 107 Å². The van der Waals surface area contributed by atoms with E-state index in [0.717, 1.165) is 21.3 Å². The van der Waals surface area contributed by atoms with E-state index in [-0.39, 0.29) is 18.6 Å². The Kier molecular flexibility index (Phi) is 6.73. The van der Waals surface area contributed by atoms with Gasteiger partial charge in [0.25, 0.3) is 0 Å². The highest BCUT2D eigenvalue weighted by molar-refractivity contribution is 9.10. The first-order valence-corrected chi connectivity index (χ1v) is 7.46. The van der Waals surface area contributed by atoms with Crippen molar-refractivity contribution in [2.45, 2.75) is 33.1 Å². The summed E-state index contributed by atoms with van der Waals surface area (Å²) in [7, 11) is 0. The van der Waals surface area contributed by atoms with Gasteiger partial charge in [0, 0.05) is 22.9 Å². The maximum atomic E-state index is 11.8. The van der Waals surface area contributed by atoms with Gasteiger partial charge in [-0.2, -0.15) is 5.26 Å². The summed E-state index contributed by atoms with van der Waals surface area (Å²) in [4.78, 5) is 29.6. The van der Waals surface area contributed by atoms with Crippen molar-refractivity contribution in [1.82, 2.24) is 9.97 Å². The molecule has 0 aliphatic carbocycles. The van der Waals surface area contributed by atoms with E-state index in [9.17, 15) is 9.59 Å². The van der Waals surface area contributed by atoms with E-state index in [2.05, 4.69) is 25.9 Å². The number of H-pyrrole nitrogens is 1. The van der Waals surface area contributed by atoms with Gasteiger partial charge in [-0.25, -0.2) is 4.98 Å². The predicted molar refractivity (Wildman–Crippen MR) is 85.6 cm³/mol. The van der Waals surface area contributed by atoms with Crippen LogP contribution < -0.4 is 0 Å². The number of benzene rings is 1. The smallest absolute Gasteiger partial charge is 0.303 e. The molecule has 1 heterocycles. The van der Waals surface area contributed by atoms with Crippen molar-refractivity contribution in [2.75, 3.05) is 0 Å². The number of carboxylic acids is 1. The van der Waals surface area contributed by atoms with E-state index in [1.165, 1.54) is 0 Å². The van der Waals surface area contributed by atoms with Crippen LogP contribution in [-0.2, 0) is 4.79 Å². The highest BCUT2D eigenvalue weighted by Gasteiger charge is 2.12. The standard InChI is InChI=1S/C12H11BrN2O3.C3H5N/c1-6-14-9-5-7(4-8(13)12(9)15-6)10(16)2-3-11(17)18;1-2-3-4/h4-5H,2-3H2,1H3,(H,14,15)(H,17,18);2H2,1H3. The molecule has 22 heavy (non-hydrogen) atoms. The molecular formula is C15H16BrN3O3. The zero-order chi connectivity index (χ0) is 16.7. The maximum Gasteiger partial charge on any atom is 0.303 e. The summed E-state index contributed by atoms with van der Waals surface area (Å²) >= 11 is 3.36. The molecule has 0 aliphatic heterocycles. The number of hydrogen-bond acceptors (Lipinski definition) is 4. The molecule has 1 aromatic heterocycles. The van der Waals surface area contributed by atoms with Crippen LogP contribution in [0.2, 0.25) is 0 Å². The second kappa shape index (κ2) is 8.29. The Morgan fingerprint density at radius 2 is 2.05 bits per heavy atom. The number of nitrogens with zero attached hydrogens (tertiary/aromatic N) is 2. The van der Waals surface area contributed by atoms with Gasteiger partial charge < -0.3 is 10.1 Å². The Morgan fingerprint density at radius 3 is 2.59 bits per heavy atom. The molecule has 0 saturated heterocycles. The number of fused-ring (bicyclic) bond motifs is 1. The summed E-state index contributed by atoms with van der Waals surface area (Å²) in [6.45, 7) is 3.65. The molecule has 0 bridgehead atoms. The lowest BCUT2D eigenvalue weighted by atomic mass is 10.1. The summed E-state index contributed by atoms with van der Waals surface area (Å²) in [5, 5.41) is 16.2. The third-order valence-corrected chi connectivity index (χ3v) is 3.31. The van der Waals surface area contributed by atoms with Crippen LogP contribution in [0.4, 0.5) is 0 Å². The van der Waals surface area contributed by atoms with Crippen LogP contribution in [0.15, 0.2) is 16.6 Å². The number of aromatic nitrogens is 2. The van der Waals surface area contributed by atoms with Gasteiger partial charge in [-0.05, 0) is 35.0 Å². The van der Waals surface area contributed by atoms with E-state index in [4.69, 9.17) is 10.4 Å². The van der Waals surface area contributed by atoms with Gasteiger partial charge in [0.2, 0.25) is 0 Å². The Morgan fingerprint density at radius 1 is 1.41 bits per heavy atom. The zero-order valence-corrected chi connectivity index (χ0v) is 13.9. The number of nitrogens with one attached hydrogen (secondary N) is 1. The quantitative estimate of drug-likeness (QED) is 0.804. The minimum absolute atomic E-state index is 0.000396. The van der Waals surface area contributed by atoms with Crippen LogP contribution >= 0.6 is 15.9 Å². The lowest BCUT2D eigenvalue weighted by molar-refractivity contribution is -0.136. The highest BCUT2D eigenvalue weighted by Crippen LogP contribution is 2.24. The molecule has 0 aliphatic rings. The van der Waals surface area contributed by atoms with Crippen LogP contribution in [0, 0.1) is 18.3 Å². The van der Waals surface area contributed by atoms with Crippen LogP contribution in [0.25, 0.3) is 11.0 Å². The first-order valence-electron chi connectivity index (χ1n) is 6.66. The van der Waals surface area contributed by atoms with Crippen LogP contribution in [-0.4, -0.2) is 26.8 Å². The van der Waals surface area contributed by atoms with Gasteiger partial charge >= 0.3 is 5.97 Å². The van der Waals surface area contributed by atoms with Crippen molar-refractivity contribution < 1.29 is 14.7 Å².